The van der Waals surface area contributed by atoms with Crippen LogP contribution in [0.2, 0.25) is 0 Å². The second-order valence-electron chi connectivity index (χ2n) is 8.89. The van der Waals surface area contributed by atoms with Gasteiger partial charge in [-0.05, 0) is 28.7 Å². The molecule has 4 rings (SSSR count). The van der Waals surface area contributed by atoms with Gasteiger partial charge in [0.25, 0.3) is 5.69 Å². The number of hydrogen-bond acceptors (Lipinski definition) is 6. The number of esters is 1. The Bertz CT molecular complexity index is 1190. The molecule has 0 fully saturated rings. The summed E-state index contributed by atoms with van der Waals surface area (Å²) in [6.45, 7) is 3.30. The first-order chi connectivity index (χ1) is 17.4. The van der Waals surface area contributed by atoms with Crippen LogP contribution in [-0.4, -0.2) is 41.4 Å². The minimum Gasteiger partial charge on any atom is -0.464 e. The van der Waals surface area contributed by atoms with Crippen LogP contribution in [0.1, 0.15) is 29.2 Å². The fraction of sp³-hybridized carbons (Fsp3) is 0.286. The number of benzene rings is 3. The fourth-order valence-corrected chi connectivity index (χ4v) is 4.55. The molecule has 186 valence electrons. The van der Waals surface area contributed by atoms with Crippen molar-refractivity contribution >= 4 is 23.3 Å². The van der Waals surface area contributed by atoms with Crippen molar-refractivity contribution in [1.29, 1.82) is 0 Å². The van der Waals surface area contributed by atoms with E-state index in [2.05, 4.69) is 0 Å². The smallest absolute Gasteiger partial charge is 0.320 e. The van der Waals surface area contributed by atoms with Gasteiger partial charge in [-0.25, -0.2) is 0 Å². The third-order valence-corrected chi connectivity index (χ3v) is 6.18. The Hall–Kier alpha value is -4.04. The van der Waals surface area contributed by atoms with E-state index in [1.165, 1.54) is 17.9 Å². The second-order valence-corrected chi connectivity index (χ2v) is 8.89. The van der Waals surface area contributed by atoms with Gasteiger partial charge < -0.3 is 9.64 Å². The number of carbonyl (C=O) groups excluding carboxylic acids is 2. The predicted molar refractivity (Wildman–Crippen MR) is 136 cm³/mol. The van der Waals surface area contributed by atoms with Crippen molar-refractivity contribution in [3.05, 3.63) is 105 Å². The summed E-state index contributed by atoms with van der Waals surface area (Å²) in [6, 6.07) is 23.3. The molecule has 1 aliphatic heterocycles. The summed E-state index contributed by atoms with van der Waals surface area (Å²) in [6.07, 6.45) is 0.925. The Morgan fingerprint density at radius 1 is 0.972 bits per heavy atom. The Kier molecular flexibility index (Phi) is 8.07. The number of nitrogens with zero attached hydrogens (tertiary/aromatic N) is 3. The maximum Gasteiger partial charge on any atom is 0.320 e. The van der Waals surface area contributed by atoms with Gasteiger partial charge in [-0.2, -0.15) is 0 Å². The molecule has 1 aliphatic rings. The highest BCUT2D eigenvalue weighted by atomic mass is 16.6. The van der Waals surface area contributed by atoms with Gasteiger partial charge in [-0.3, -0.25) is 24.6 Å². The van der Waals surface area contributed by atoms with Crippen molar-refractivity contribution in [1.82, 2.24) is 4.90 Å². The molecule has 0 saturated carbocycles. The van der Waals surface area contributed by atoms with Crippen molar-refractivity contribution in [2.75, 3.05) is 24.6 Å². The molecule has 1 heterocycles. The lowest BCUT2D eigenvalue weighted by Crippen LogP contribution is -2.30. The fourth-order valence-electron chi connectivity index (χ4n) is 4.55. The number of amides is 1. The Balaban J connectivity index is 1.38. The van der Waals surface area contributed by atoms with E-state index in [-0.39, 0.29) is 30.7 Å². The molecule has 8 nitrogen and oxygen atoms in total. The summed E-state index contributed by atoms with van der Waals surface area (Å²) in [7, 11) is 0. The average Bonchev–Trinajstić information content (AvgIpc) is 3.29. The maximum atomic E-state index is 12.7. The van der Waals surface area contributed by atoms with Gasteiger partial charge in [0, 0.05) is 39.0 Å². The summed E-state index contributed by atoms with van der Waals surface area (Å²) >= 11 is 0. The lowest BCUT2D eigenvalue weighted by Gasteiger charge is -2.22. The molecule has 36 heavy (non-hydrogen) atoms. The van der Waals surface area contributed by atoms with Crippen molar-refractivity contribution in [2.24, 2.45) is 0 Å². The van der Waals surface area contributed by atoms with E-state index in [9.17, 15) is 19.7 Å². The van der Waals surface area contributed by atoms with E-state index in [1.54, 1.807) is 0 Å². The minimum atomic E-state index is -0.458. The largest absolute Gasteiger partial charge is 0.464 e. The zero-order valence-electron chi connectivity index (χ0n) is 20.3. The highest BCUT2D eigenvalue weighted by Gasteiger charge is 2.31. The summed E-state index contributed by atoms with van der Waals surface area (Å²) in [5, 5.41) is 11.7. The molecule has 0 aliphatic carbocycles. The van der Waals surface area contributed by atoms with Crippen LogP contribution in [0.5, 0.6) is 0 Å². The van der Waals surface area contributed by atoms with Gasteiger partial charge in [-0.15, -0.1) is 0 Å². The van der Waals surface area contributed by atoms with Crippen LogP contribution in [0.3, 0.4) is 0 Å². The molecule has 0 atom stereocenters. The predicted octanol–water partition coefficient (Wildman–Crippen LogP) is 4.29. The molecule has 3 aromatic rings. The van der Waals surface area contributed by atoms with E-state index < -0.39 is 4.92 Å². The van der Waals surface area contributed by atoms with Crippen LogP contribution < -0.4 is 4.90 Å². The molecule has 0 spiro atoms. The Morgan fingerprint density at radius 3 is 2.14 bits per heavy atom. The summed E-state index contributed by atoms with van der Waals surface area (Å²) in [5.41, 5.74) is 3.99. The van der Waals surface area contributed by atoms with E-state index in [0.29, 0.717) is 43.7 Å². The first kappa shape index (κ1) is 25.1. The number of nitro benzene ring substituents is 1. The number of carbonyl (C=O) groups is 2. The molecule has 8 heteroatoms. The Labute approximate surface area is 210 Å². The van der Waals surface area contributed by atoms with Crippen molar-refractivity contribution in [2.45, 2.75) is 32.9 Å². The molecule has 1 amide bonds. The monoisotopic (exact) mass is 487 g/mol. The molecule has 0 radical (unpaired) electrons. The highest BCUT2D eigenvalue weighted by molar-refractivity contribution is 5.96. The number of fused-ring (bicyclic) bond motifs is 1. The lowest BCUT2D eigenvalue weighted by molar-refractivity contribution is -0.384. The minimum absolute atomic E-state index is 0.0848. The van der Waals surface area contributed by atoms with Crippen molar-refractivity contribution < 1.29 is 19.2 Å². The summed E-state index contributed by atoms with van der Waals surface area (Å²) in [5.74, 6) is -0.561. The topological polar surface area (TPSA) is 93.0 Å². The van der Waals surface area contributed by atoms with Crippen LogP contribution in [-0.2, 0) is 40.3 Å². The van der Waals surface area contributed by atoms with E-state index in [0.717, 1.165) is 16.7 Å². The van der Waals surface area contributed by atoms with Crippen LogP contribution in [0, 0.1) is 10.1 Å². The van der Waals surface area contributed by atoms with Gasteiger partial charge in [0.2, 0.25) is 5.91 Å². The van der Waals surface area contributed by atoms with Crippen LogP contribution in [0.15, 0.2) is 72.8 Å². The zero-order valence-corrected chi connectivity index (χ0v) is 20.3. The van der Waals surface area contributed by atoms with Gasteiger partial charge >= 0.3 is 5.97 Å². The summed E-state index contributed by atoms with van der Waals surface area (Å²) in [4.78, 5) is 39.2. The molecular weight excluding hydrogens is 458 g/mol. The van der Waals surface area contributed by atoms with Crippen LogP contribution in [0.25, 0.3) is 0 Å². The molecule has 0 saturated heterocycles. The third kappa shape index (κ3) is 6.34. The zero-order chi connectivity index (χ0) is 25.5. The SMILES string of the molecule is CC(=O)N1CCc2cc(CCOC(=O)CN(Cc3ccccc3)Cc3ccccc3)cc([N+](=O)[O-])c21. The number of rotatable bonds is 10. The highest BCUT2D eigenvalue weighted by Crippen LogP contribution is 2.38. The van der Waals surface area contributed by atoms with Gasteiger partial charge in [-0.1, -0.05) is 66.7 Å². The van der Waals surface area contributed by atoms with Gasteiger partial charge in [0.05, 0.1) is 18.1 Å². The Morgan fingerprint density at radius 2 is 1.58 bits per heavy atom. The van der Waals surface area contributed by atoms with E-state index in [1.807, 2.05) is 71.6 Å². The quantitative estimate of drug-likeness (QED) is 0.241. The first-order valence-corrected chi connectivity index (χ1v) is 11.9. The number of nitro groups is 1. The summed E-state index contributed by atoms with van der Waals surface area (Å²) < 4.78 is 5.52. The van der Waals surface area contributed by atoms with Crippen LogP contribution in [0.4, 0.5) is 11.4 Å². The molecule has 0 unspecified atom stereocenters. The third-order valence-electron chi connectivity index (χ3n) is 6.18. The first-order valence-electron chi connectivity index (χ1n) is 11.9. The number of hydrogen-bond donors (Lipinski definition) is 0. The normalized spacial score (nSPS) is 12.4. The average molecular weight is 488 g/mol. The van der Waals surface area contributed by atoms with Crippen molar-refractivity contribution in [3.8, 4) is 0 Å². The van der Waals surface area contributed by atoms with Crippen LogP contribution >= 0.6 is 0 Å². The molecule has 0 bridgehead atoms. The molecular formula is C28H29N3O5. The molecule has 0 aromatic heterocycles. The van der Waals surface area contributed by atoms with E-state index >= 15 is 0 Å². The van der Waals surface area contributed by atoms with Crippen molar-refractivity contribution in [3.63, 3.8) is 0 Å². The second kappa shape index (κ2) is 11.6. The standard InChI is InChI=1S/C28H29N3O5/c1-21(32)30-14-12-25-16-24(17-26(28(25)30)31(34)35)13-15-36-27(33)20-29(18-22-8-4-2-5-9-22)19-23-10-6-3-7-11-23/h2-11,16-17H,12-15,18-20H2,1H3. The molecule has 3 aromatic carbocycles. The van der Waals surface area contributed by atoms with Gasteiger partial charge in [0.15, 0.2) is 0 Å². The lowest BCUT2D eigenvalue weighted by atomic mass is 10.0. The molecule has 0 N–H and O–H groups in total. The number of ether oxygens (including phenoxy) is 1. The number of anilines is 1. The van der Waals surface area contributed by atoms with E-state index in [4.69, 9.17) is 4.74 Å². The maximum absolute atomic E-state index is 12.7. The van der Waals surface area contributed by atoms with Gasteiger partial charge in [0.1, 0.15) is 5.69 Å².